The van der Waals surface area contributed by atoms with Crippen molar-refractivity contribution in [3.8, 4) is 5.75 Å². The van der Waals surface area contributed by atoms with Crippen LogP contribution in [0.15, 0.2) is 22.7 Å². The van der Waals surface area contributed by atoms with Crippen LogP contribution < -0.4 is 4.74 Å². The molecule has 2 atom stereocenters. The maximum Gasteiger partial charge on any atom is 0.133 e. The summed E-state index contributed by atoms with van der Waals surface area (Å²) in [6, 6.07) is 7.85. The zero-order valence-electron chi connectivity index (χ0n) is 12.3. The second-order valence-electron chi connectivity index (χ2n) is 6.04. The van der Waals surface area contributed by atoms with Gasteiger partial charge >= 0.3 is 0 Å². The molecule has 2 heterocycles. The molecule has 110 valence electrons. The summed E-state index contributed by atoms with van der Waals surface area (Å²) in [7, 11) is 1.71. The van der Waals surface area contributed by atoms with E-state index in [2.05, 4.69) is 50.9 Å². The lowest BCUT2D eigenvalue weighted by Crippen LogP contribution is -2.54. The number of methoxy groups -OCH3 is 1. The molecule has 2 aliphatic rings. The van der Waals surface area contributed by atoms with E-state index >= 15 is 0 Å². The largest absolute Gasteiger partial charge is 0.496 e. The summed E-state index contributed by atoms with van der Waals surface area (Å²) in [5, 5.41) is 0. The fourth-order valence-electron chi connectivity index (χ4n) is 3.51. The number of hydrogen-bond donors (Lipinski definition) is 0. The third kappa shape index (κ3) is 2.87. The summed E-state index contributed by atoms with van der Waals surface area (Å²) < 4.78 is 6.35. The number of rotatable bonds is 3. The molecule has 0 N–H and O–H groups in total. The standard InChI is InChI=1S/C16H23BrN2O/c1-12-9-18-7-3-4-14(18)11-19(12)10-13-5-6-16(20-2)15(17)8-13/h5-6,8,12,14H,3-4,7,9-11H2,1-2H3/t12-,14+/m0/s1. The van der Waals surface area contributed by atoms with Crippen LogP contribution in [0.1, 0.15) is 25.3 Å². The van der Waals surface area contributed by atoms with Gasteiger partial charge in [-0.2, -0.15) is 0 Å². The first-order valence-corrected chi connectivity index (χ1v) is 8.27. The predicted molar refractivity (Wildman–Crippen MR) is 85.2 cm³/mol. The highest BCUT2D eigenvalue weighted by Crippen LogP contribution is 2.29. The Kier molecular flexibility index (Phi) is 4.34. The normalized spacial score (nSPS) is 27.6. The van der Waals surface area contributed by atoms with Gasteiger partial charge in [0, 0.05) is 31.7 Å². The van der Waals surface area contributed by atoms with E-state index in [4.69, 9.17) is 4.74 Å². The van der Waals surface area contributed by atoms with E-state index in [9.17, 15) is 0 Å². The van der Waals surface area contributed by atoms with Crippen molar-refractivity contribution in [2.24, 2.45) is 0 Å². The molecule has 0 bridgehead atoms. The van der Waals surface area contributed by atoms with Crippen LogP contribution in [-0.2, 0) is 6.54 Å². The molecule has 0 saturated carbocycles. The molecule has 0 amide bonds. The molecule has 0 aliphatic carbocycles. The first-order valence-electron chi connectivity index (χ1n) is 7.48. The van der Waals surface area contributed by atoms with Crippen LogP contribution in [0.2, 0.25) is 0 Å². The third-order valence-electron chi connectivity index (χ3n) is 4.67. The molecule has 3 nitrogen and oxygen atoms in total. The smallest absolute Gasteiger partial charge is 0.133 e. The molecule has 2 saturated heterocycles. The summed E-state index contributed by atoms with van der Waals surface area (Å²) in [6.45, 7) is 7.13. The van der Waals surface area contributed by atoms with E-state index in [0.717, 1.165) is 22.8 Å². The molecule has 2 aliphatic heterocycles. The fourth-order valence-corrected chi connectivity index (χ4v) is 4.10. The Balaban J connectivity index is 1.69. The van der Waals surface area contributed by atoms with Gasteiger partial charge in [-0.25, -0.2) is 0 Å². The summed E-state index contributed by atoms with van der Waals surface area (Å²) in [4.78, 5) is 5.30. The van der Waals surface area contributed by atoms with Crippen molar-refractivity contribution >= 4 is 15.9 Å². The maximum atomic E-state index is 5.30. The minimum atomic E-state index is 0.644. The van der Waals surface area contributed by atoms with Crippen LogP contribution in [0.3, 0.4) is 0 Å². The van der Waals surface area contributed by atoms with E-state index in [1.807, 2.05) is 0 Å². The quantitative estimate of drug-likeness (QED) is 0.842. The Labute approximate surface area is 130 Å². The second-order valence-corrected chi connectivity index (χ2v) is 6.89. The Bertz CT molecular complexity index is 480. The van der Waals surface area contributed by atoms with E-state index in [-0.39, 0.29) is 0 Å². The first kappa shape index (κ1) is 14.4. The molecule has 20 heavy (non-hydrogen) atoms. The number of fused-ring (bicyclic) bond motifs is 1. The maximum absolute atomic E-state index is 5.30. The average molecular weight is 339 g/mol. The van der Waals surface area contributed by atoms with Crippen molar-refractivity contribution in [3.05, 3.63) is 28.2 Å². The Morgan fingerprint density at radius 3 is 2.95 bits per heavy atom. The summed E-state index contributed by atoms with van der Waals surface area (Å²) in [5.74, 6) is 0.905. The van der Waals surface area contributed by atoms with E-state index < -0.39 is 0 Å². The zero-order valence-corrected chi connectivity index (χ0v) is 13.9. The molecule has 0 radical (unpaired) electrons. The van der Waals surface area contributed by atoms with Crippen LogP contribution in [0.25, 0.3) is 0 Å². The van der Waals surface area contributed by atoms with Gasteiger partial charge in [-0.1, -0.05) is 6.07 Å². The van der Waals surface area contributed by atoms with Gasteiger partial charge in [0.1, 0.15) is 5.75 Å². The molecular weight excluding hydrogens is 316 g/mol. The lowest BCUT2D eigenvalue weighted by molar-refractivity contribution is 0.0540. The van der Waals surface area contributed by atoms with Crippen LogP contribution in [0.5, 0.6) is 5.75 Å². The van der Waals surface area contributed by atoms with Crippen molar-refractivity contribution in [1.29, 1.82) is 0 Å². The average Bonchev–Trinajstić information content (AvgIpc) is 2.86. The van der Waals surface area contributed by atoms with Crippen LogP contribution in [0.4, 0.5) is 0 Å². The highest BCUT2D eigenvalue weighted by molar-refractivity contribution is 9.10. The third-order valence-corrected chi connectivity index (χ3v) is 5.29. The van der Waals surface area contributed by atoms with Gasteiger partial charge in [0.15, 0.2) is 0 Å². The SMILES string of the molecule is COc1ccc(CN2C[C@H]3CCCN3C[C@@H]2C)cc1Br. The minimum absolute atomic E-state index is 0.644. The van der Waals surface area contributed by atoms with Gasteiger partial charge in [0.2, 0.25) is 0 Å². The van der Waals surface area contributed by atoms with E-state index in [0.29, 0.717) is 6.04 Å². The number of ether oxygens (including phenoxy) is 1. The number of benzene rings is 1. The highest BCUT2D eigenvalue weighted by Gasteiger charge is 2.34. The van der Waals surface area contributed by atoms with Crippen LogP contribution in [0, 0.1) is 0 Å². The zero-order chi connectivity index (χ0) is 14.1. The van der Waals surface area contributed by atoms with E-state index in [1.165, 1.54) is 38.0 Å². The number of hydrogen-bond acceptors (Lipinski definition) is 3. The predicted octanol–water partition coefficient (Wildman–Crippen LogP) is 3.13. The Hall–Kier alpha value is -0.580. The van der Waals surface area contributed by atoms with Crippen molar-refractivity contribution in [2.45, 2.75) is 38.4 Å². The van der Waals surface area contributed by atoms with Gasteiger partial charge in [-0.05, 0) is 59.9 Å². The number of nitrogens with zero attached hydrogens (tertiary/aromatic N) is 2. The molecule has 4 heteroatoms. The molecule has 1 aromatic rings. The van der Waals surface area contributed by atoms with E-state index in [1.54, 1.807) is 7.11 Å². The second kappa shape index (κ2) is 6.04. The molecule has 3 rings (SSSR count). The number of halogens is 1. The van der Waals surface area contributed by atoms with Crippen molar-refractivity contribution in [1.82, 2.24) is 9.80 Å². The van der Waals surface area contributed by atoms with Gasteiger partial charge in [0.25, 0.3) is 0 Å². The lowest BCUT2D eigenvalue weighted by atomic mass is 10.1. The first-order chi connectivity index (χ1) is 9.67. The molecule has 1 aromatic carbocycles. The van der Waals surface area contributed by atoms with Crippen LogP contribution >= 0.6 is 15.9 Å². The summed E-state index contributed by atoms with van der Waals surface area (Å²) >= 11 is 3.58. The topological polar surface area (TPSA) is 15.7 Å². The lowest BCUT2D eigenvalue weighted by Gasteiger charge is -2.42. The molecular formula is C16H23BrN2O. The van der Waals surface area contributed by atoms with Crippen LogP contribution in [-0.4, -0.2) is 48.6 Å². The minimum Gasteiger partial charge on any atom is -0.496 e. The van der Waals surface area contributed by atoms with Crippen molar-refractivity contribution in [2.75, 3.05) is 26.7 Å². The Morgan fingerprint density at radius 1 is 1.35 bits per heavy atom. The van der Waals surface area contributed by atoms with Gasteiger partial charge in [0.05, 0.1) is 11.6 Å². The molecule has 2 fully saturated rings. The highest BCUT2D eigenvalue weighted by atomic mass is 79.9. The van der Waals surface area contributed by atoms with Gasteiger partial charge in [-0.3, -0.25) is 9.80 Å². The molecule has 0 aromatic heterocycles. The van der Waals surface area contributed by atoms with Crippen molar-refractivity contribution < 1.29 is 4.74 Å². The van der Waals surface area contributed by atoms with Gasteiger partial charge < -0.3 is 4.74 Å². The fraction of sp³-hybridized carbons (Fsp3) is 0.625. The number of piperazine rings is 1. The summed E-state index contributed by atoms with van der Waals surface area (Å²) in [6.07, 6.45) is 2.74. The monoisotopic (exact) mass is 338 g/mol. The van der Waals surface area contributed by atoms with Crippen molar-refractivity contribution in [3.63, 3.8) is 0 Å². The summed E-state index contributed by atoms with van der Waals surface area (Å²) in [5.41, 5.74) is 1.36. The molecule has 0 unspecified atom stereocenters. The van der Waals surface area contributed by atoms with Gasteiger partial charge in [-0.15, -0.1) is 0 Å². The molecule has 0 spiro atoms. The Morgan fingerprint density at radius 2 is 2.20 bits per heavy atom.